The molecule has 14 heavy (non-hydrogen) atoms. The average Bonchev–Trinajstić information content (AvgIpc) is 2.15. The molecule has 0 saturated heterocycles. The van der Waals surface area contributed by atoms with Gasteiger partial charge in [0.25, 0.3) is 0 Å². The zero-order chi connectivity index (χ0) is 10.6. The zero-order valence-electron chi connectivity index (χ0n) is 8.96. The molecule has 1 rings (SSSR count). The molecule has 78 valence electrons. The molecule has 0 radical (unpaired) electrons. The highest BCUT2D eigenvalue weighted by Crippen LogP contribution is 2.24. The van der Waals surface area contributed by atoms with Crippen molar-refractivity contribution in [2.45, 2.75) is 33.0 Å². The van der Waals surface area contributed by atoms with Gasteiger partial charge in [-0.05, 0) is 31.9 Å². The van der Waals surface area contributed by atoms with Crippen molar-refractivity contribution in [3.63, 3.8) is 0 Å². The van der Waals surface area contributed by atoms with E-state index >= 15 is 0 Å². The van der Waals surface area contributed by atoms with E-state index in [1.807, 2.05) is 0 Å². The molecule has 1 nitrogen and oxygen atoms in total. The number of hydrogen-bond donors (Lipinski definition) is 0. The van der Waals surface area contributed by atoms with Crippen LogP contribution in [0, 0.1) is 6.92 Å². The summed E-state index contributed by atoms with van der Waals surface area (Å²) in [6.45, 7) is 6.30. The van der Waals surface area contributed by atoms with Gasteiger partial charge in [-0.2, -0.15) is 0 Å². The molecular formula is C12H17IO. The van der Waals surface area contributed by atoms with Crippen LogP contribution in [0.4, 0.5) is 0 Å². The van der Waals surface area contributed by atoms with E-state index in [0.29, 0.717) is 0 Å². The summed E-state index contributed by atoms with van der Waals surface area (Å²) in [5.41, 5.74) is 2.63. The maximum absolute atomic E-state index is 5.86. The van der Waals surface area contributed by atoms with Crippen molar-refractivity contribution in [3.8, 4) is 0 Å². The lowest BCUT2D eigenvalue weighted by Gasteiger charge is -2.20. The van der Waals surface area contributed by atoms with Crippen LogP contribution in [-0.2, 0) is 4.74 Å². The average molecular weight is 304 g/mol. The largest absolute Gasteiger partial charge is 0.370 e. The fraction of sp³-hybridized carbons (Fsp3) is 0.500. The van der Waals surface area contributed by atoms with Crippen molar-refractivity contribution in [2.75, 3.05) is 4.43 Å². The maximum atomic E-state index is 5.86. The molecule has 0 aliphatic rings. The van der Waals surface area contributed by atoms with Gasteiger partial charge in [0.15, 0.2) is 0 Å². The number of hydrogen-bond acceptors (Lipinski definition) is 1. The summed E-state index contributed by atoms with van der Waals surface area (Å²) in [6.07, 6.45) is 0.520. The fourth-order valence-electron chi connectivity index (χ4n) is 1.47. The normalized spacial score (nSPS) is 13.2. The van der Waals surface area contributed by atoms with Crippen molar-refractivity contribution in [1.82, 2.24) is 0 Å². The third-order valence-electron chi connectivity index (χ3n) is 2.11. The highest BCUT2D eigenvalue weighted by molar-refractivity contribution is 14.1. The van der Waals surface area contributed by atoms with Crippen molar-refractivity contribution >= 4 is 22.6 Å². The van der Waals surface area contributed by atoms with Gasteiger partial charge in [-0.1, -0.05) is 46.9 Å². The molecule has 0 saturated carbocycles. The Balaban J connectivity index is 2.83. The first kappa shape index (κ1) is 12.0. The molecule has 0 aromatic heterocycles. The summed E-state index contributed by atoms with van der Waals surface area (Å²) in [7, 11) is 0. The molecular weight excluding hydrogens is 287 g/mol. The molecule has 1 aromatic carbocycles. The molecule has 1 atom stereocenters. The van der Waals surface area contributed by atoms with E-state index < -0.39 is 0 Å². The van der Waals surface area contributed by atoms with Crippen LogP contribution in [0.3, 0.4) is 0 Å². The SMILES string of the molecule is Cc1ccccc1C(CI)OC(C)C. The van der Waals surface area contributed by atoms with Gasteiger partial charge in [0.05, 0.1) is 12.2 Å². The van der Waals surface area contributed by atoms with Gasteiger partial charge >= 0.3 is 0 Å². The lowest BCUT2D eigenvalue weighted by Crippen LogP contribution is -2.12. The van der Waals surface area contributed by atoms with Crippen LogP contribution in [-0.4, -0.2) is 10.5 Å². The van der Waals surface area contributed by atoms with E-state index in [9.17, 15) is 0 Å². The van der Waals surface area contributed by atoms with Gasteiger partial charge in [0, 0.05) is 4.43 Å². The van der Waals surface area contributed by atoms with Crippen LogP contribution in [0.5, 0.6) is 0 Å². The summed E-state index contributed by atoms with van der Waals surface area (Å²) in [5, 5.41) is 0. The summed E-state index contributed by atoms with van der Waals surface area (Å²) >= 11 is 2.38. The van der Waals surface area contributed by atoms with Crippen LogP contribution >= 0.6 is 22.6 Å². The number of rotatable bonds is 4. The third-order valence-corrected chi connectivity index (χ3v) is 2.91. The number of aryl methyl sites for hydroxylation is 1. The van der Waals surface area contributed by atoms with Gasteiger partial charge < -0.3 is 4.74 Å². The Bertz CT molecular complexity index is 283. The van der Waals surface area contributed by atoms with E-state index in [4.69, 9.17) is 4.74 Å². The molecule has 0 spiro atoms. The van der Waals surface area contributed by atoms with Gasteiger partial charge in [-0.15, -0.1) is 0 Å². The highest BCUT2D eigenvalue weighted by Gasteiger charge is 2.13. The molecule has 1 unspecified atom stereocenters. The van der Waals surface area contributed by atoms with Crippen LogP contribution in [0.2, 0.25) is 0 Å². The lowest BCUT2D eigenvalue weighted by molar-refractivity contribution is 0.0221. The first-order chi connectivity index (χ1) is 6.65. The Hall–Kier alpha value is -0.0900. The zero-order valence-corrected chi connectivity index (χ0v) is 11.1. The van der Waals surface area contributed by atoms with Crippen molar-refractivity contribution < 1.29 is 4.74 Å². The Labute approximate surface area is 100.0 Å². The molecule has 0 heterocycles. The minimum atomic E-state index is 0.233. The molecule has 2 heteroatoms. The van der Waals surface area contributed by atoms with E-state index in [1.54, 1.807) is 0 Å². The summed E-state index contributed by atoms with van der Waals surface area (Å²) in [5.74, 6) is 0. The molecule has 0 aliphatic heterocycles. The Morgan fingerprint density at radius 1 is 1.29 bits per heavy atom. The molecule has 1 aromatic rings. The van der Waals surface area contributed by atoms with Crippen LogP contribution in [0.15, 0.2) is 24.3 Å². The summed E-state index contributed by atoms with van der Waals surface area (Å²) in [6, 6.07) is 8.43. The minimum absolute atomic E-state index is 0.233. The van der Waals surface area contributed by atoms with Gasteiger partial charge in [-0.3, -0.25) is 0 Å². The molecule has 0 amide bonds. The van der Waals surface area contributed by atoms with E-state index in [-0.39, 0.29) is 12.2 Å². The van der Waals surface area contributed by atoms with Crippen molar-refractivity contribution in [2.24, 2.45) is 0 Å². The fourth-order valence-corrected chi connectivity index (χ4v) is 2.15. The third kappa shape index (κ3) is 3.24. The second kappa shape index (κ2) is 5.71. The molecule has 0 N–H and O–H groups in total. The number of alkyl halides is 1. The second-order valence-electron chi connectivity index (χ2n) is 3.68. The quantitative estimate of drug-likeness (QED) is 0.605. The van der Waals surface area contributed by atoms with Gasteiger partial charge in [-0.25, -0.2) is 0 Å². The van der Waals surface area contributed by atoms with Gasteiger partial charge in [0.2, 0.25) is 0 Å². The number of ether oxygens (including phenoxy) is 1. The predicted octanol–water partition coefficient (Wildman–Crippen LogP) is 3.90. The van der Waals surface area contributed by atoms with E-state index in [0.717, 1.165) is 4.43 Å². The van der Waals surface area contributed by atoms with E-state index in [2.05, 4.69) is 67.6 Å². The highest BCUT2D eigenvalue weighted by atomic mass is 127. The molecule has 0 bridgehead atoms. The maximum Gasteiger partial charge on any atom is 0.0920 e. The minimum Gasteiger partial charge on any atom is -0.370 e. The first-order valence-electron chi connectivity index (χ1n) is 4.92. The molecule has 0 fully saturated rings. The van der Waals surface area contributed by atoms with Crippen LogP contribution in [0.25, 0.3) is 0 Å². The van der Waals surface area contributed by atoms with E-state index in [1.165, 1.54) is 11.1 Å². The number of halogens is 1. The Morgan fingerprint density at radius 3 is 2.43 bits per heavy atom. The Morgan fingerprint density at radius 2 is 1.93 bits per heavy atom. The summed E-state index contributed by atoms with van der Waals surface area (Å²) in [4.78, 5) is 0. The van der Waals surface area contributed by atoms with Crippen molar-refractivity contribution in [1.29, 1.82) is 0 Å². The van der Waals surface area contributed by atoms with Crippen LogP contribution in [0.1, 0.15) is 31.1 Å². The lowest BCUT2D eigenvalue weighted by atomic mass is 10.0. The molecule has 0 aliphatic carbocycles. The number of benzene rings is 1. The second-order valence-corrected chi connectivity index (χ2v) is 4.57. The first-order valence-corrected chi connectivity index (χ1v) is 6.44. The predicted molar refractivity (Wildman–Crippen MR) is 69.0 cm³/mol. The monoisotopic (exact) mass is 304 g/mol. The standard InChI is InChI=1S/C12H17IO/c1-9(2)14-12(8-13)11-7-5-4-6-10(11)3/h4-7,9,12H,8H2,1-3H3. The topological polar surface area (TPSA) is 9.23 Å². The van der Waals surface area contributed by atoms with Crippen LogP contribution < -0.4 is 0 Å². The Kier molecular flexibility index (Phi) is 4.89. The van der Waals surface area contributed by atoms with Crippen molar-refractivity contribution in [3.05, 3.63) is 35.4 Å². The summed E-state index contributed by atoms with van der Waals surface area (Å²) < 4.78 is 6.86. The van der Waals surface area contributed by atoms with Gasteiger partial charge in [0.1, 0.15) is 0 Å². The smallest absolute Gasteiger partial charge is 0.0920 e.